The topological polar surface area (TPSA) is 68.3 Å². The zero-order valence-corrected chi connectivity index (χ0v) is 13.8. The van der Waals surface area contributed by atoms with Crippen LogP contribution < -0.4 is 5.32 Å². The SMILES string of the molecule is COC(=O)c1sc(NC(=O)CCc2ccc(Cl)cc2)nc1C. The van der Waals surface area contributed by atoms with Gasteiger partial charge in [-0.15, -0.1) is 0 Å². The molecule has 0 spiro atoms. The van der Waals surface area contributed by atoms with E-state index in [1.807, 2.05) is 12.1 Å². The number of thiazole rings is 1. The first-order chi connectivity index (χ1) is 10.5. The fourth-order valence-electron chi connectivity index (χ4n) is 1.82. The van der Waals surface area contributed by atoms with E-state index in [4.69, 9.17) is 11.6 Å². The molecule has 1 aromatic carbocycles. The highest BCUT2D eigenvalue weighted by atomic mass is 35.5. The first-order valence-electron chi connectivity index (χ1n) is 6.59. The Morgan fingerprint density at radius 2 is 2.00 bits per heavy atom. The molecule has 1 aromatic heterocycles. The van der Waals surface area contributed by atoms with Gasteiger partial charge in [-0.05, 0) is 31.0 Å². The van der Waals surface area contributed by atoms with Crippen LogP contribution in [0.5, 0.6) is 0 Å². The van der Waals surface area contributed by atoms with Crippen molar-refractivity contribution >= 4 is 39.9 Å². The molecular formula is C15H15ClN2O3S. The lowest BCUT2D eigenvalue weighted by molar-refractivity contribution is -0.116. The van der Waals surface area contributed by atoms with Crippen molar-refractivity contribution in [1.29, 1.82) is 0 Å². The van der Waals surface area contributed by atoms with E-state index >= 15 is 0 Å². The van der Waals surface area contributed by atoms with Crippen LogP contribution in [0.3, 0.4) is 0 Å². The number of hydrogen-bond acceptors (Lipinski definition) is 5. The fraction of sp³-hybridized carbons (Fsp3) is 0.267. The van der Waals surface area contributed by atoms with Gasteiger partial charge in [-0.2, -0.15) is 0 Å². The molecule has 1 amide bonds. The molecule has 0 fully saturated rings. The maximum absolute atomic E-state index is 11.9. The molecule has 0 atom stereocenters. The molecule has 0 unspecified atom stereocenters. The Kier molecular flexibility index (Phi) is 5.51. The smallest absolute Gasteiger partial charge is 0.350 e. The van der Waals surface area contributed by atoms with Gasteiger partial charge in [0.2, 0.25) is 5.91 Å². The number of ether oxygens (including phenoxy) is 1. The maximum atomic E-state index is 11.9. The van der Waals surface area contributed by atoms with Crippen LogP contribution in [0.25, 0.3) is 0 Å². The predicted octanol–water partition coefficient (Wildman–Crippen LogP) is 3.46. The third-order valence-electron chi connectivity index (χ3n) is 2.97. The third-order valence-corrected chi connectivity index (χ3v) is 4.27. The summed E-state index contributed by atoms with van der Waals surface area (Å²) in [6, 6.07) is 7.36. The Balaban J connectivity index is 1.92. The summed E-state index contributed by atoms with van der Waals surface area (Å²) in [4.78, 5) is 28.0. The Hall–Kier alpha value is -1.92. The zero-order chi connectivity index (χ0) is 16.1. The van der Waals surface area contributed by atoms with Crippen LogP contribution in [0.15, 0.2) is 24.3 Å². The first kappa shape index (κ1) is 16.5. The predicted molar refractivity (Wildman–Crippen MR) is 86.6 cm³/mol. The largest absolute Gasteiger partial charge is 0.465 e. The number of nitrogens with one attached hydrogen (secondary N) is 1. The van der Waals surface area contributed by atoms with Crippen molar-refractivity contribution in [3.05, 3.63) is 45.4 Å². The molecule has 116 valence electrons. The minimum absolute atomic E-state index is 0.153. The Morgan fingerprint density at radius 1 is 1.32 bits per heavy atom. The van der Waals surface area contributed by atoms with Crippen LogP contribution in [-0.4, -0.2) is 24.0 Å². The second kappa shape index (κ2) is 7.38. The van der Waals surface area contributed by atoms with E-state index in [1.165, 1.54) is 7.11 Å². The summed E-state index contributed by atoms with van der Waals surface area (Å²) in [5, 5.41) is 3.77. The van der Waals surface area contributed by atoms with Gasteiger partial charge in [-0.25, -0.2) is 9.78 Å². The highest BCUT2D eigenvalue weighted by Crippen LogP contribution is 2.23. The highest BCUT2D eigenvalue weighted by Gasteiger charge is 2.16. The number of aryl methyl sites for hydroxylation is 2. The van der Waals surface area contributed by atoms with Gasteiger partial charge in [-0.1, -0.05) is 35.1 Å². The minimum Gasteiger partial charge on any atom is -0.465 e. The summed E-state index contributed by atoms with van der Waals surface area (Å²) in [5.74, 6) is -0.600. The van der Waals surface area contributed by atoms with Crippen LogP contribution >= 0.6 is 22.9 Å². The summed E-state index contributed by atoms with van der Waals surface area (Å²) in [6.45, 7) is 1.70. The minimum atomic E-state index is -0.448. The van der Waals surface area contributed by atoms with Crippen LogP contribution in [-0.2, 0) is 16.0 Å². The number of aromatic nitrogens is 1. The van der Waals surface area contributed by atoms with Crippen molar-refractivity contribution in [3.63, 3.8) is 0 Å². The number of halogens is 1. The normalized spacial score (nSPS) is 10.3. The summed E-state index contributed by atoms with van der Waals surface area (Å²) in [6.07, 6.45) is 0.936. The van der Waals surface area contributed by atoms with Gasteiger partial charge in [0, 0.05) is 11.4 Å². The van der Waals surface area contributed by atoms with Crippen LogP contribution in [0.4, 0.5) is 5.13 Å². The van der Waals surface area contributed by atoms with E-state index < -0.39 is 5.97 Å². The number of carbonyl (C=O) groups is 2. The second-order valence-electron chi connectivity index (χ2n) is 4.60. The molecule has 0 aliphatic carbocycles. The fourth-order valence-corrected chi connectivity index (χ4v) is 2.85. The van der Waals surface area contributed by atoms with Gasteiger partial charge in [0.25, 0.3) is 0 Å². The maximum Gasteiger partial charge on any atom is 0.350 e. The van der Waals surface area contributed by atoms with E-state index in [0.717, 1.165) is 16.9 Å². The lowest BCUT2D eigenvalue weighted by Crippen LogP contribution is -2.12. The molecule has 2 aromatic rings. The van der Waals surface area contributed by atoms with Gasteiger partial charge in [0.1, 0.15) is 4.88 Å². The standard InChI is InChI=1S/C15H15ClN2O3S/c1-9-13(14(20)21-2)22-15(17-9)18-12(19)8-5-10-3-6-11(16)7-4-10/h3-4,6-7H,5,8H2,1-2H3,(H,17,18,19). The number of methoxy groups -OCH3 is 1. The number of rotatable bonds is 5. The molecule has 0 saturated heterocycles. The number of amides is 1. The zero-order valence-electron chi connectivity index (χ0n) is 12.2. The summed E-state index contributed by atoms with van der Waals surface area (Å²) >= 11 is 6.92. The molecule has 0 bridgehead atoms. The molecule has 5 nitrogen and oxygen atoms in total. The Morgan fingerprint density at radius 3 is 2.64 bits per heavy atom. The number of anilines is 1. The molecule has 2 rings (SSSR count). The van der Waals surface area contributed by atoms with Crippen molar-refractivity contribution in [2.45, 2.75) is 19.8 Å². The van der Waals surface area contributed by atoms with E-state index in [0.29, 0.717) is 33.6 Å². The number of hydrogen-bond donors (Lipinski definition) is 1. The average molecular weight is 339 g/mol. The van der Waals surface area contributed by atoms with Crippen LogP contribution in [0.1, 0.15) is 27.3 Å². The number of benzene rings is 1. The molecule has 7 heteroatoms. The van der Waals surface area contributed by atoms with Crippen molar-refractivity contribution in [3.8, 4) is 0 Å². The Bertz CT molecular complexity index is 683. The lowest BCUT2D eigenvalue weighted by atomic mass is 10.1. The van der Waals surface area contributed by atoms with E-state index in [9.17, 15) is 9.59 Å². The first-order valence-corrected chi connectivity index (χ1v) is 7.79. The van der Waals surface area contributed by atoms with E-state index in [1.54, 1.807) is 19.1 Å². The monoisotopic (exact) mass is 338 g/mol. The molecule has 0 saturated carbocycles. The molecule has 1 N–H and O–H groups in total. The van der Waals surface area contributed by atoms with E-state index in [-0.39, 0.29) is 5.91 Å². The second-order valence-corrected chi connectivity index (χ2v) is 6.04. The van der Waals surface area contributed by atoms with Crippen LogP contribution in [0, 0.1) is 6.92 Å². The third kappa shape index (κ3) is 4.29. The highest BCUT2D eigenvalue weighted by molar-refractivity contribution is 7.17. The average Bonchev–Trinajstić information content (AvgIpc) is 2.86. The van der Waals surface area contributed by atoms with E-state index in [2.05, 4.69) is 15.0 Å². The molecule has 0 aliphatic rings. The van der Waals surface area contributed by atoms with Crippen molar-refractivity contribution in [2.75, 3.05) is 12.4 Å². The molecular weight excluding hydrogens is 324 g/mol. The Labute approximate surface area is 137 Å². The molecule has 0 aliphatic heterocycles. The van der Waals surface area contributed by atoms with Gasteiger partial charge in [0.05, 0.1) is 12.8 Å². The van der Waals surface area contributed by atoms with Gasteiger partial charge in [0.15, 0.2) is 5.13 Å². The quantitative estimate of drug-likeness (QED) is 0.848. The number of carbonyl (C=O) groups excluding carboxylic acids is 2. The molecule has 1 heterocycles. The van der Waals surface area contributed by atoms with Crippen molar-refractivity contribution in [1.82, 2.24) is 4.98 Å². The lowest BCUT2D eigenvalue weighted by Gasteiger charge is -2.02. The van der Waals surface area contributed by atoms with Crippen LogP contribution in [0.2, 0.25) is 5.02 Å². The van der Waals surface area contributed by atoms with Gasteiger partial charge < -0.3 is 10.1 Å². The van der Waals surface area contributed by atoms with Gasteiger partial charge >= 0.3 is 5.97 Å². The summed E-state index contributed by atoms with van der Waals surface area (Å²) in [5.41, 5.74) is 1.58. The summed E-state index contributed by atoms with van der Waals surface area (Å²) in [7, 11) is 1.31. The summed E-state index contributed by atoms with van der Waals surface area (Å²) < 4.78 is 4.66. The van der Waals surface area contributed by atoms with Crippen molar-refractivity contribution in [2.24, 2.45) is 0 Å². The number of esters is 1. The number of nitrogens with zero attached hydrogens (tertiary/aromatic N) is 1. The van der Waals surface area contributed by atoms with Crippen molar-refractivity contribution < 1.29 is 14.3 Å². The molecule has 22 heavy (non-hydrogen) atoms. The van der Waals surface area contributed by atoms with Gasteiger partial charge in [-0.3, -0.25) is 4.79 Å². The molecule has 0 radical (unpaired) electrons.